The topological polar surface area (TPSA) is 86.2 Å². The van der Waals surface area contributed by atoms with Gasteiger partial charge < -0.3 is 15.2 Å². The number of hydrogen-bond donors (Lipinski definition) is 3. The predicted octanol–water partition coefficient (Wildman–Crippen LogP) is 1.27. The molecule has 0 aliphatic carbocycles. The summed E-state index contributed by atoms with van der Waals surface area (Å²) in [6.07, 6.45) is 0.542. The number of H-pyrrole nitrogens is 1. The van der Waals surface area contributed by atoms with Crippen LogP contribution in [0.1, 0.15) is 5.82 Å². The maximum absolute atomic E-state index is 11.7. The Morgan fingerprint density at radius 2 is 2.00 bits per heavy atom. The summed E-state index contributed by atoms with van der Waals surface area (Å²) in [4.78, 5) is 18.3. The number of aryl methyl sites for hydroxylation is 1. The largest absolute Gasteiger partial charge is 0.507 e. The molecule has 0 aliphatic rings. The minimum Gasteiger partial charge on any atom is -0.507 e. The summed E-state index contributed by atoms with van der Waals surface area (Å²) in [6.45, 7) is 0. The highest BCUT2D eigenvalue weighted by atomic mass is 79.9. The van der Waals surface area contributed by atoms with E-state index in [2.05, 4.69) is 25.9 Å². The predicted molar refractivity (Wildman–Crippen MR) is 63.2 cm³/mol. The van der Waals surface area contributed by atoms with Crippen molar-refractivity contribution in [1.82, 2.24) is 9.97 Å². The fraction of sp³-hybridized carbons (Fsp3) is 0.200. The van der Waals surface area contributed by atoms with Crippen LogP contribution in [-0.4, -0.2) is 25.5 Å². The number of halogens is 1. The summed E-state index contributed by atoms with van der Waals surface area (Å²) < 4.78 is 0. The number of nitrogens with one attached hydrogen (secondary N) is 1. The van der Waals surface area contributed by atoms with Crippen LogP contribution in [0.2, 0.25) is 0 Å². The Labute approximate surface area is 98.9 Å². The zero-order chi connectivity index (χ0) is 11.7. The Bertz CT molecular complexity index is 594. The van der Waals surface area contributed by atoms with Gasteiger partial charge in [-0.25, -0.2) is 4.98 Å². The van der Waals surface area contributed by atoms with E-state index in [1.807, 2.05) is 0 Å². The van der Waals surface area contributed by atoms with Crippen LogP contribution in [0.4, 0.5) is 0 Å². The number of hydrogen-bond acceptors (Lipinski definition) is 4. The summed E-state index contributed by atoms with van der Waals surface area (Å²) in [5.74, 6) is 0.164. The molecule has 2 aromatic rings. The SMILES string of the molecule is O=c1[nH]c(CCBr)nc2c(O)ccc(O)c12. The molecule has 5 nitrogen and oxygen atoms in total. The molecule has 6 heteroatoms. The van der Waals surface area contributed by atoms with Gasteiger partial charge in [0, 0.05) is 11.8 Å². The van der Waals surface area contributed by atoms with Crippen molar-refractivity contribution in [3.8, 4) is 11.5 Å². The van der Waals surface area contributed by atoms with Crippen LogP contribution in [-0.2, 0) is 6.42 Å². The molecule has 0 radical (unpaired) electrons. The van der Waals surface area contributed by atoms with Gasteiger partial charge in [0.15, 0.2) is 0 Å². The quantitative estimate of drug-likeness (QED) is 0.573. The molecular weight excluding hydrogens is 276 g/mol. The number of fused-ring (bicyclic) bond motifs is 1. The van der Waals surface area contributed by atoms with Crippen molar-refractivity contribution in [3.05, 3.63) is 28.3 Å². The molecule has 0 atom stereocenters. The highest BCUT2D eigenvalue weighted by Crippen LogP contribution is 2.27. The number of nitrogens with zero attached hydrogens (tertiary/aromatic N) is 1. The third kappa shape index (κ3) is 1.76. The van der Waals surface area contributed by atoms with E-state index in [1.54, 1.807) is 0 Å². The average molecular weight is 285 g/mol. The second-order valence-electron chi connectivity index (χ2n) is 3.28. The number of alkyl halides is 1. The maximum Gasteiger partial charge on any atom is 0.262 e. The monoisotopic (exact) mass is 284 g/mol. The van der Waals surface area contributed by atoms with Crippen molar-refractivity contribution < 1.29 is 10.2 Å². The van der Waals surface area contributed by atoms with Gasteiger partial charge >= 0.3 is 0 Å². The molecule has 0 bridgehead atoms. The number of aromatic hydroxyl groups is 2. The number of benzene rings is 1. The normalized spacial score (nSPS) is 10.8. The van der Waals surface area contributed by atoms with Gasteiger partial charge in [-0.05, 0) is 12.1 Å². The first-order valence-electron chi connectivity index (χ1n) is 4.63. The van der Waals surface area contributed by atoms with Gasteiger partial charge in [0.25, 0.3) is 5.56 Å². The van der Waals surface area contributed by atoms with Gasteiger partial charge in [-0.3, -0.25) is 4.79 Å². The summed E-state index contributed by atoms with van der Waals surface area (Å²) >= 11 is 3.23. The first-order valence-corrected chi connectivity index (χ1v) is 5.75. The van der Waals surface area contributed by atoms with E-state index >= 15 is 0 Å². The van der Waals surface area contributed by atoms with E-state index in [4.69, 9.17) is 0 Å². The molecule has 0 saturated carbocycles. The maximum atomic E-state index is 11.7. The Kier molecular flexibility index (Phi) is 2.82. The number of aromatic nitrogens is 2. The lowest BCUT2D eigenvalue weighted by Crippen LogP contribution is -2.12. The first-order chi connectivity index (χ1) is 7.63. The lowest BCUT2D eigenvalue weighted by molar-refractivity contribution is 0.467. The molecule has 3 N–H and O–H groups in total. The Hall–Kier alpha value is -1.56. The van der Waals surface area contributed by atoms with Crippen molar-refractivity contribution in [2.24, 2.45) is 0 Å². The number of rotatable bonds is 2. The van der Waals surface area contributed by atoms with E-state index in [0.717, 1.165) is 0 Å². The van der Waals surface area contributed by atoms with Gasteiger partial charge in [-0.15, -0.1) is 0 Å². The third-order valence-corrected chi connectivity index (χ3v) is 2.59. The van der Waals surface area contributed by atoms with Crippen LogP contribution in [0.3, 0.4) is 0 Å². The summed E-state index contributed by atoms with van der Waals surface area (Å²) in [6, 6.07) is 2.57. The zero-order valence-electron chi connectivity index (χ0n) is 8.20. The smallest absolute Gasteiger partial charge is 0.262 e. The van der Waals surface area contributed by atoms with E-state index in [0.29, 0.717) is 17.6 Å². The van der Waals surface area contributed by atoms with Crippen LogP contribution in [0.25, 0.3) is 10.9 Å². The second kappa shape index (κ2) is 4.13. The molecule has 0 aliphatic heterocycles. The van der Waals surface area contributed by atoms with Crippen LogP contribution in [0.15, 0.2) is 16.9 Å². The fourth-order valence-electron chi connectivity index (χ4n) is 1.47. The fourth-order valence-corrected chi connectivity index (χ4v) is 1.85. The third-order valence-electron chi connectivity index (χ3n) is 2.20. The lowest BCUT2D eigenvalue weighted by atomic mass is 10.2. The second-order valence-corrected chi connectivity index (χ2v) is 4.07. The summed E-state index contributed by atoms with van der Waals surface area (Å²) in [7, 11) is 0. The zero-order valence-corrected chi connectivity index (χ0v) is 9.78. The molecule has 1 aromatic heterocycles. The molecule has 16 heavy (non-hydrogen) atoms. The molecule has 84 valence electrons. The standard InChI is InChI=1S/C10H9BrN2O3/c11-4-3-7-12-9-6(15)2-1-5(14)8(9)10(16)13-7/h1-2,14-15H,3-4H2,(H,12,13,16). The lowest BCUT2D eigenvalue weighted by Gasteiger charge is -2.04. The van der Waals surface area contributed by atoms with E-state index in [1.165, 1.54) is 12.1 Å². The summed E-state index contributed by atoms with van der Waals surface area (Å²) in [5, 5.41) is 19.8. The minimum atomic E-state index is -0.450. The highest BCUT2D eigenvalue weighted by Gasteiger charge is 2.11. The molecule has 2 rings (SSSR count). The number of phenolic OH excluding ortho intramolecular Hbond substituents is 2. The number of aromatic amines is 1. The van der Waals surface area contributed by atoms with Crippen molar-refractivity contribution >= 4 is 26.8 Å². The van der Waals surface area contributed by atoms with E-state index in [9.17, 15) is 15.0 Å². The molecule has 0 saturated heterocycles. The van der Waals surface area contributed by atoms with Gasteiger partial charge in [-0.2, -0.15) is 0 Å². The van der Waals surface area contributed by atoms with Crippen molar-refractivity contribution in [2.75, 3.05) is 5.33 Å². The van der Waals surface area contributed by atoms with Crippen molar-refractivity contribution in [2.45, 2.75) is 6.42 Å². The van der Waals surface area contributed by atoms with Gasteiger partial charge in [-0.1, -0.05) is 15.9 Å². The highest BCUT2D eigenvalue weighted by molar-refractivity contribution is 9.09. The van der Waals surface area contributed by atoms with Gasteiger partial charge in [0.1, 0.15) is 28.2 Å². The Balaban J connectivity index is 2.81. The van der Waals surface area contributed by atoms with E-state index in [-0.39, 0.29) is 22.4 Å². The molecule has 0 fully saturated rings. The van der Waals surface area contributed by atoms with Crippen LogP contribution < -0.4 is 5.56 Å². The molecule has 0 spiro atoms. The number of phenols is 2. The minimum absolute atomic E-state index is 0.0123. The molecule has 1 aromatic carbocycles. The Morgan fingerprint density at radius 3 is 2.69 bits per heavy atom. The van der Waals surface area contributed by atoms with Crippen LogP contribution >= 0.6 is 15.9 Å². The Morgan fingerprint density at radius 1 is 1.31 bits per heavy atom. The molecular formula is C10H9BrN2O3. The summed E-state index contributed by atoms with van der Waals surface area (Å²) in [5.41, 5.74) is -0.325. The van der Waals surface area contributed by atoms with Gasteiger partial charge in [0.05, 0.1) is 0 Å². The van der Waals surface area contributed by atoms with E-state index < -0.39 is 5.56 Å². The van der Waals surface area contributed by atoms with Crippen molar-refractivity contribution in [3.63, 3.8) is 0 Å². The van der Waals surface area contributed by atoms with Crippen LogP contribution in [0, 0.1) is 0 Å². The first kappa shape index (κ1) is 10.9. The van der Waals surface area contributed by atoms with Crippen LogP contribution in [0.5, 0.6) is 11.5 Å². The molecule has 1 heterocycles. The van der Waals surface area contributed by atoms with Crippen molar-refractivity contribution in [1.29, 1.82) is 0 Å². The average Bonchev–Trinajstić information content (AvgIpc) is 2.23. The molecule has 0 amide bonds. The van der Waals surface area contributed by atoms with Gasteiger partial charge in [0.2, 0.25) is 0 Å². The molecule has 0 unspecified atom stereocenters.